The largest absolute Gasteiger partial charge is 0.490 e. The van der Waals surface area contributed by atoms with Crippen LogP contribution in [0.25, 0.3) is 0 Å². The molecule has 1 aromatic carbocycles. The second-order valence-corrected chi connectivity index (χ2v) is 5.86. The molecule has 0 aliphatic carbocycles. The van der Waals surface area contributed by atoms with Gasteiger partial charge in [-0.3, -0.25) is 0 Å². The lowest BCUT2D eigenvalue weighted by Crippen LogP contribution is -2.15. The average Bonchev–Trinajstić information content (AvgIpc) is 2.46. The summed E-state index contributed by atoms with van der Waals surface area (Å²) >= 11 is 6.34. The van der Waals surface area contributed by atoms with Gasteiger partial charge < -0.3 is 19.9 Å². The first-order chi connectivity index (χ1) is 10.6. The minimum Gasteiger partial charge on any atom is -0.490 e. The number of rotatable bonds is 11. The van der Waals surface area contributed by atoms with E-state index in [1.165, 1.54) is 0 Å². The van der Waals surface area contributed by atoms with E-state index in [9.17, 15) is 0 Å². The lowest BCUT2D eigenvalue weighted by Gasteiger charge is -2.17. The normalized spacial score (nSPS) is 11.0. The smallest absolute Gasteiger partial charge is 0.163 e. The maximum absolute atomic E-state index is 8.74. The van der Waals surface area contributed by atoms with Crippen LogP contribution in [0.5, 0.6) is 11.5 Å². The highest BCUT2D eigenvalue weighted by molar-refractivity contribution is 6.31. The summed E-state index contributed by atoms with van der Waals surface area (Å²) in [7, 11) is 0. The molecular weight excluding hydrogens is 302 g/mol. The molecule has 0 radical (unpaired) electrons. The number of ether oxygens (including phenoxy) is 2. The summed E-state index contributed by atoms with van der Waals surface area (Å²) < 4.78 is 11.4. The van der Waals surface area contributed by atoms with E-state index < -0.39 is 0 Å². The van der Waals surface area contributed by atoms with Crippen molar-refractivity contribution in [3.05, 3.63) is 22.7 Å². The van der Waals surface area contributed by atoms with Gasteiger partial charge in [0.2, 0.25) is 0 Å². The second-order valence-electron chi connectivity index (χ2n) is 5.45. The van der Waals surface area contributed by atoms with Crippen LogP contribution in [-0.2, 0) is 6.54 Å². The van der Waals surface area contributed by atoms with Crippen LogP contribution in [0.2, 0.25) is 5.02 Å². The molecule has 5 heteroatoms. The van der Waals surface area contributed by atoms with Crippen LogP contribution in [0.4, 0.5) is 0 Å². The van der Waals surface area contributed by atoms with Crippen molar-refractivity contribution in [2.75, 3.05) is 19.8 Å². The fourth-order valence-corrected chi connectivity index (χ4v) is 2.31. The van der Waals surface area contributed by atoms with Gasteiger partial charge >= 0.3 is 0 Å². The number of unbranched alkanes of at least 4 members (excludes halogenated alkanes) is 2. The highest BCUT2D eigenvalue weighted by Crippen LogP contribution is 2.34. The Kier molecular flexibility index (Phi) is 9.28. The van der Waals surface area contributed by atoms with E-state index in [1.807, 2.05) is 32.9 Å². The lowest BCUT2D eigenvalue weighted by atomic mass is 10.2. The van der Waals surface area contributed by atoms with E-state index in [1.54, 1.807) is 0 Å². The van der Waals surface area contributed by atoms with Crippen molar-refractivity contribution in [1.29, 1.82) is 0 Å². The molecule has 0 aromatic heterocycles. The van der Waals surface area contributed by atoms with Crippen molar-refractivity contribution in [3.8, 4) is 11.5 Å². The molecule has 0 spiro atoms. The number of nitrogens with one attached hydrogen (secondary N) is 1. The topological polar surface area (TPSA) is 50.7 Å². The highest BCUT2D eigenvalue weighted by Gasteiger charge is 2.12. The van der Waals surface area contributed by atoms with Crippen molar-refractivity contribution in [1.82, 2.24) is 5.32 Å². The predicted molar refractivity (Wildman–Crippen MR) is 91.0 cm³/mol. The Morgan fingerprint density at radius 2 is 1.95 bits per heavy atom. The van der Waals surface area contributed by atoms with Crippen LogP contribution in [0.15, 0.2) is 12.1 Å². The minimum absolute atomic E-state index is 0.0748. The Bertz CT molecular complexity index is 438. The van der Waals surface area contributed by atoms with Crippen molar-refractivity contribution in [2.24, 2.45) is 0 Å². The molecule has 0 amide bonds. The van der Waals surface area contributed by atoms with Crippen LogP contribution in [0.3, 0.4) is 0 Å². The first kappa shape index (κ1) is 19.1. The molecule has 0 fully saturated rings. The van der Waals surface area contributed by atoms with Gasteiger partial charge in [0.15, 0.2) is 11.5 Å². The number of hydrogen-bond acceptors (Lipinski definition) is 4. The second kappa shape index (κ2) is 10.7. The molecule has 0 saturated carbocycles. The van der Waals surface area contributed by atoms with Gasteiger partial charge in [-0.2, -0.15) is 0 Å². The molecule has 2 N–H and O–H groups in total. The highest BCUT2D eigenvalue weighted by atomic mass is 35.5. The zero-order valence-electron chi connectivity index (χ0n) is 13.8. The van der Waals surface area contributed by atoms with Crippen LogP contribution in [-0.4, -0.2) is 31.0 Å². The van der Waals surface area contributed by atoms with Gasteiger partial charge in [-0.1, -0.05) is 11.6 Å². The summed E-state index contributed by atoms with van der Waals surface area (Å²) in [5, 5.41) is 12.8. The quantitative estimate of drug-likeness (QED) is 0.607. The number of aliphatic hydroxyl groups is 1. The third-order valence-electron chi connectivity index (χ3n) is 3.10. The SMILES string of the molecule is CCOc1cc(CNCCCCCO)c(Cl)cc1OC(C)C. The van der Waals surface area contributed by atoms with Gasteiger partial charge in [-0.15, -0.1) is 0 Å². The summed E-state index contributed by atoms with van der Waals surface area (Å²) in [5.41, 5.74) is 1.00. The van der Waals surface area contributed by atoms with Gasteiger partial charge in [0.05, 0.1) is 12.7 Å². The van der Waals surface area contributed by atoms with Gasteiger partial charge in [-0.05, 0) is 58.2 Å². The molecule has 0 aliphatic rings. The van der Waals surface area contributed by atoms with Crippen LogP contribution >= 0.6 is 11.6 Å². The van der Waals surface area contributed by atoms with Gasteiger partial charge in [0.25, 0.3) is 0 Å². The molecule has 4 nitrogen and oxygen atoms in total. The molecule has 0 bridgehead atoms. The lowest BCUT2D eigenvalue weighted by molar-refractivity contribution is 0.223. The summed E-state index contributed by atoms with van der Waals surface area (Å²) in [6.07, 6.45) is 3.01. The molecule has 126 valence electrons. The molecule has 0 heterocycles. The van der Waals surface area contributed by atoms with Crippen LogP contribution < -0.4 is 14.8 Å². The summed E-state index contributed by atoms with van der Waals surface area (Å²) in [6.45, 7) is 8.36. The molecule has 1 aromatic rings. The maximum atomic E-state index is 8.74. The molecule has 0 aliphatic heterocycles. The van der Waals surface area contributed by atoms with Crippen LogP contribution in [0.1, 0.15) is 45.6 Å². The average molecular weight is 330 g/mol. The fourth-order valence-electron chi connectivity index (χ4n) is 2.09. The van der Waals surface area contributed by atoms with E-state index in [0.29, 0.717) is 23.9 Å². The Morgan fingerprint density at radius 1 is 1.18 bits per heavy atom. The van der Waals surface area contributed by atoms with E-state index in [4.69, 9.17) is 26.2 Å². The van der Waals surface area contributed by atoms with E-state index >= 15 is 0 Å². The Balaban J connectivity index is 2.64. The monoisotopic (exact) mass is 329 g/mol. The zero-order chi connectivity index (χ0) is 16.4. The van der Waals surface area contributed by atoms with E-state index in [0.717, 1.165) is 37.1 Å². The maximum Gasteiger partial charge on any atom is 0.163 e. The number of hydrogen-bond donors (Lipinski definition) is 2. The molecule has 22 heavy (non-hydrogen) atoms. The third-order valence-corrected chi connectivity index (χ3v) is 3.45. The van der Waals surface area contributed by atoms with Crippen molar-refractivity contribution in [3.63, 3.8) is 0 Å². The number of aliphatic hydroxyl groups excluding tert-OH is 1. The molecule has 0 unspecified atom stereocenters. The first-order valence-corrected chi connectivity index (χ1v) is 8.39. The van der Waals surface area contributed by atoms with Crippen molar-refractivity contribution >= 4 is 11.6 Å². The standard InChI is InChI=1S/C17H28ClNO3/c1-4-21-16-10-14(12-19-8-6-5-7-9-20)15(18)11-17(16)22-13(2)3/h10-11,13,19-20H,4-9,12H2,1-3H3. The molecular formula is C17H28ClNO3. The van der Waals surface area contributed by atoms with Gasteiger partial charge in [0.1, 0.15) is 0 Å². The van der Waals surface area contributed by atoms with Crippen molar-refractivity contribution in [2.45, 2.75) is 52.7 Å². The van der Waals surface area contributed by atoms with Crippen LogP contribution in [0, 0.1) is 0 Å². The van der Waals surface area contributed by atoms with E-state index in [2.05, 4.69) is 5.32 Å². The first-order valence-electron chi connectivity index (χ1n) is 8.02. The summed E-state index contributed by atoms with van der Waals surface area (Å²) in [5.74, 6) is 1.42. The predicted octanol–water partition coefficient (Wildman–Crippen LogP) is 3.78. The Hall–Kier alpha value is -0.970. The zero-order valence-corrected chi connectivity index (χ0v) is 14.6. The van der Waals surface area contributed by atoms with Crippen molar-refractivity contribution < 1.29 is 14.6 Å². The van der Waals surface area contributed by atoms with E-state index in [-0.39, 0.29) is 12.7 Å². The molecule has 1 rings (SSSR count). The summed E-state index contributed by atoms with van der Waals surface area (Å²) in [6, 6.07) is 3.78. The third kappa shape index (κ3) is 6.86. The van der Waals surface area contributed by atoms with Gasteiger partial charge in [-0.25, -0.2) is 0 Å². The minimum atomic E-state index is 0.0748. The molecule has 0 saturated heterocycles. The Morgan fingerprint density at radius 3 is 2.59 bits per heavy atom. The fraction of sp³-hybridized carbons (Fsp3) is 0.647. The number of halogens is 1. The summed E-state index contributed by atoms with van der Waals surface area (Å²) in [4.78, 5) is 0. The molecule has 0 atom stereocenters. The number of benzene rings is 1. The van der Waals surface area contributed by atoms with Gasteiger partial charge in [0, 0.05) is 24.2 Å². The Labute approximate surface area is 138 Å².